The Kier molecular flexibility index (Phi) is 7.28. The Hall–Kier alpha value is -4.33. The highest BCUT2D eigenvalue weighted by atomic mass is 19.4. The van der Waals surface area contributed by atoms with Crippen LogP contribution in [-0.4, -0.2) is 57.4 Å². The monoisotopic (exact) mass is 547 g/mol. The van der Waals surface area contributed by atoms with E-state index in [0.29, 0.717) is 30.9 Å². The first-order chi connectivity index (χ1) is 18.6. The van der Waals surface area contributed by atoms with Crippen LogP contribution in [0.15, 0.2) is 48.7 Å². The third-order valence-corrected chi connectivity index (χ3v) is 6.31. The van der Waals surface area contributed by atoms with E-state index < -0.39 is 11.3 Å². The van der Waals surface area contributed by atoms with E-state index in [1.54, 1.807) is 0 Å². The minimum absolute atomic E-state index is 0.164. The predicted molar refractivity (Wildman–Crippen MR) is 129 cm³/mol. The second-order valence-corrected chi connectivity index (χ2v) is 9.24. The van der Waals surface area contributed by atoms with E-state index >= 15 is 0 Å². The number of alkyl halides is 3. The number of halogens is 3. The number of hydrogen-bond donors (Lipinski definition) is 1. The largest absolute Gasteiger partial charge is 0.573 e. The molecule has 14 heteroatoms. The highest BCUT2D eigenvalue weighted by molar-refractivity contribution is 5.78. The summed E-state index contributed by atoms with van der Waals surface area (Å²) in [5.74, 6) is -0.112. The van der Waals surface area contributed by atoms with Crippen LogP contribution >= 0.6 is 0 Å². The van der Waals surface area contributed by atoms with Crippen LogP contribution in [0.4, 0.5) is 19.0 Å². The fourth-order valence-electron chi connectivity index (χ4n) is 4.52. The van der Waals surface area contributed by atoms with Crippen LogP contribution < -0.4 is 19.5 Å². The molecule has 2 aromatic carbocycles. The van der Waals surface area contributed by atoms with Gasteiger partial charge in [0, 0.05) is 18.1 Å². The number of rotatable bonds is 8. The quantitative estimate of drug-likeness (QED) is 0.337. The Balaban J connectivity index is 1.09. The van der Waals surface area contributed by atoms with Gasteiger partial charge in [-0.15, -0.1) is 13.2 Å². The Morgan fingerprint density at radius 1 is 1.18 bits per heavy atom. The zero-order valence-corrected chi connectivity index (χ0v) is 20.5. The molecule has 2 aliphatic rings. The molecular formula is C25H24F3N5O6. The molecule has 0 radical (unpaired) electrons. The number of nitrogens with zero attached hydrogens (tertiary/aromatic N) is 4. The molecule has 5 rings (SSSR count). The molecule has 0 unspecified atom stereocenters. The smallest absolute Gasteiger partial charge is 0.489 e. The van der Waals surface area contributed by atoms with Crippen molar-refractivity contribution in [3.8, 4) is 17.5 Å². The molecule has 3 heterocycles. The molecule has 206 valence electrons. The summed E-state index contributed by atoms with van der Waals surface area (Å²) >= 11 is 0. The van der Waals surface area contributed by atoms with Crippen LogP contribution in [0.5, 0.6) is 17.5 Å². The average Bonchev–Trinajstić information content (AvgIpc) is 3.31. The zero-order chi connectivity index (χ0) is 27.6. The number of fused-ring (bicyclic) bond motifs is 2. The zero-order valence-electron chi connectivity index (χ0n) is 20.5. The molecule has 2 aliphatic heterocycles. The normalized spacial score (nSPS) is 16.9. The molecule has 3 aromatic rings. The minimum atomic E-state index is -4.73. The molecule has 1 N–H and O–H groups in total. The second-order valence-electron chi connectivity index (χ2n) is 9.24. The molecule has 0 spiro atoms. The number of nitrogens with one attached hydrogen (secondary N) is 1. The van der Waals surface area contributed by atoms with E-state index in [-0.39, 0.29) is 49.3 Å². The highest BCUT2D eigenvalue weighted by Crippen LogP contribution is 2.26. The van der Waals surface area contributed by atoms with Crippen molar-refractivity contribution in [1.82, 2.24) is 19.8 Å². The molecule has 0 bridgehead atoms. The molecule has 0 saturated carbocycles. The van der Waals surface area contributed by atoms with Crippen LogP contribution in [0.2, 0.25) is 0 Å². The van der Waals surface area contributed by atoms with Gasteiger partial charge in [-0.05, 0) is 52.3 Å². The van der Waals surface area contributed by atoms with Crippen LogP contribution in [0.3, 0.4) is 0 Å². The minimum Gasteiger partial charge on any atom is -0.489 e. The first kappa shape index (κ1) is 26.3. The van der Waals surface area contributed by atoms with Gasteiger partial charge >= 0.3 is 18.2 Å². The Labute approximate surface area is 220 Å². The maximum atomic E-state index is 12.7. The summed E-state index contributed by atoms with van der Waals surface area (Å²) in [6.07, 6.45) is -2.72. The fraction of sp³-hybridized carbons (Fsp3) is 0.360. The Bertz CT molecular complexity index is 1360. The van der Waals surface area contributed by atoms with Gasteiger partial charge in [-0.25, -0.2) is 0 Å². The van der Waals surface area contributed by atoms with Crippen molar-refractivity contribution in [2.24, 2.45) is 0 Å². The van der Waals surface area contributed by atoms with Gasteiger partial charge in [0.1, 0.15) is 30.9 Å². The van der Waals surface area contributed by atoms with Crippen molar-refractivity contribution in [1.29, 1.82) is 0 Å². The molecule has 1 atom stereocenters. The van der Waals surface area contributed by atoms with Gasteiger partial charge in [-0.1, -0.05) is 18.2 Å². The summed E-state index contributed by atoms with van der Waals surface area (Å²) in [4.78, 5) is 28.8. The molecule has 11 nitrogen and oxygen atoms in total. The number of carbonyl (C=O) groups is 1. The van der Waals surface area contributed by atoms with Gasteiger partial charge in [0.2, 0.25) is 5.91 Å². The van der Waals surface area contributed by atoms with Gasteiger partial charge < -0.3 is 29.6 Å². The number of aromatic nitrogens is 2. The van der Waals surface area contributed by atoms with Gasteiger partial charge in [0.05, 0.1) is 19.1 Å². The number of carbonyl (C=O) groups excluding carboxylic acids is 1. The van der Waals surface area contributed by atoms with E-state index in [0.717, 1.165) is 17.5 Å². The Morgan fingerprint density at radius 3 is 2.69 bits per heavy atom. The third kappa shape index (κ3) is 6.76. The SMILES string of the molecule is O=C(CN1CCc2cc(OCc3ccc(OC(F)(F)F)cc3)ccc2C1)N[C@@H]1COc2nc([N+](=O)[O-])cn2C1. The summed E-state index contributed by atoms with van der Waals surface area (Å²) in [5.41, 5.74) is 2.88. The molecular weight excluding hydrogens is 523 g/mol. The van der Waals surface area contributed by atoms with Crippen molar-refractivity contribution < 1.29 is 37.1 Å². The first-order valence-electron chi connectivity index (χ1n) is 12.1. The number of benzene rings is 2. The lowest BCUT2D eigenvalue weighted by Crippen LogP contribution is -2.48. The standard InChI is InChI=1S/C25H24F3N5O6/c26-25(27,28)39-20-4-1-16(2-5-20)14-37-21-6-3-18-10-31(8-7-17(18)9-21)13-23(34)29-19-11-32-12-22(33(35)36)30-24(32)38-15-19/h1-6,9,12,19H,7-8,10-11,13-15H2,(H,29,34)/t19-/m0/s1. The summed E-state index contributed by atoms with van der Waals surface area (Å²) in [5, 5.41) is 13.8. The van der Waals surface area contributed by atoms with Crippen molar-refractivity contribution in [2.75, 3.05) is 19.7 Å². The van der Waals surface area contributed by atoms with Crippen molar-refractivity contribution >= 4 is 11.7 Å². The summed E-state index contributed by atoms with van der Waals surface area (Å²) in [6, 6.07) is 11.1. The van der Waals surface area contributed by atoms with Crippen LogP contribution in [0, 0.1) is 10.1 Å². The van der Waals surface area contributed by atoms with E-state index in [1.807, 2.05) is 23.1 Å². The van der Waals surface area contributed by atoms with Gasteiger partial charge in [-0.3, -0.25) is 14.3 Å². The maximum Gasteiger partial charge on any atom is 0.573 e. The number of ether oxygens (including phenoxy) is 3. The lowest BCUT2D eigenvalue weighted by molar-refractivity contribution is -0.389. The molecule has 0 aliphatic carbocycles. The van der Waals surface area contributed by atoms with E-state index in [4.69, 9.17) is 9.47 Å². The average molecular weight is 547 g/mol. The Morgan fingerprint density at radius 2 is 1.95 bits per heavy atom. The predicted octanol–water partition coefficient (Wildman–Crippen LogP) is 3.20. The van der Waals surface area contributed by atoms with E-state index in [1.165, 1.54) is 35.0 Å². The first-order valence-corrected chi connectivity index (χ1v) is 12.1. The lowest BCUT2D eigenvalue weighted by Gasteiger charge is -2.29. The molecule has 0 saturated heterocycles. The molecule has 1 aromatic heterocycles. The van der Waals surface area contributed by atoms with Crippen LogP contribution in [0.25, 0.3) is 0 Å². The van der Waals surface area contributed by atoms with Crippen molar-refractivity contribution in [2.45, 2.75) is 38.5 Å². The highest BCUT2D eigenvalue weighted by Gasteiger charge is 2.31. The number of amides is 1. The van der Waals surface area contributed by atoms with Crippen molar-refractivity contribution in [3.05, 3.63) is 75.5 Å². The topological polar surface area (TPSA) is 121 Å². The number of nitro groups is 1. The van der Waals surface area contributed by atoms with Crippen LogP contribution in [0.1, 0.15) is 16.7 Å². The number of hydrogen-bond acceptors (Lipinski definition) is 8. The maximum absolute atomic E-state index is 12.7. The van der Waals surface area contributed by atoms with Gasteiger partial charge in [-0.2, -0.15) is 0 Å². The lowest BCUT2D eigenvalue weighted by atomic mass is 9.99. The van der Waals surface area contributed by atoms with E-state index in [2.05, 4.69) is 15.0 Å². The third-order valence-electron chi connectivity index (χ3n) is 6.31. The molecule has 1 amide bonds. The van der Waals surface area contributed by atoms with Gasteiger partial charge in [0.25, 0.3) is 0 Å². The van der Waals surface area contributed by atoms with Crippen molar-refractivity contribution in [3.63, 3.8) is 0 Å². The van der Waals surface area contributed by atoms with Crippen LogP contribution in [-0.2, 0) is 30.9 Å². The molecule has 39 heavy (non-hydrogen) atoms. The van der Waals surface area contributed by atoms with Gasteiger partial charge in [0.15, 0.2) is 0 Å². The fourth-order valence-corrected chi connectivity index (χ4v) is 4.52. The molecule has 0 fully saturated rings. The summed E-state index contributed by atoms with van der Waals surface area (Å²) in [7, 11) is 0. The summed E-state index contributed by atoms with van der Waals surface area (Å²) < 4.78 is 53.6. The van der Waals surface area contributed by atoms with E-state index in [9.17, 15) is 28.1 Å². The summed E-state index contributed by atoms with van der Waals surface area (Å²) in [6.45, 7) is 2.15. The number of imidazole rings is 1. The second kappa shape index (κ2) is 10.8.